The maximum Gasteiger partial charge on any atom is 0.145 e. The van der Waals surface area contributed by atoms with Gasteiger partial charge >= 0.3 is 0 Å². The van der Waals surface area contributed by atoms with Gasteiger partial charge in [-0.3, -0.25) is 0 Å². The molecule has 0 saturated carbocycles. The second-order valence-corrected chi connectivity index (χ2v) is 3.78. The van der Waals surface area contributed by atoms with Crippen LogP contribution in [0.15, 0.2) is 18.2 Å². The summed E-state index contributed by atoms with van der Waals surface area (Å²) in [6, 6.07) is 4.71. The summed E-state index contributed by atoms with van der Waals surface area (Å²) in [7, 11) is 1.67. The Morgan fingerprint density at radius 2 is 2.12 bits per heavy atom. The van der Waals surface area contributed by atoms with E-state index in [1.54, 1.807) is 13.2 Å². The molecular weight excluding hydrogens is 221 g/mol. The average molecular weight is 241 g/mol. The number of hydrogen-bond donors (Lipinski definition) is 1. The molecule has 1 aromatic rings. The molecule has 0 spiro atoms. The summed E-state index contributed by atoms with van der Waals surface area (Å²) in [5, 5.41) is 3.29. The van der Waals surface area contributed by atoms with E-state index in [1.165, 1.54) is 12.1 Å². The molecule has 17 heavy (non-hydrogen) atoms. The lowest BCUT2D eigenvalue weighted by molar-refractivity contribution is 0.184. The first kappa shape index (κ1) is 13.8. The fraction of sp³-hybridized carbons (Fsp3) is 0.538. The summed E-state index contributed by atoms with van der Waals surface area (Å²) in [4.78, 5) is 0. The second-order valence-electron chi connectivity index (χ2n) is 3.78. The first-order chi connectivity index (χ1) is 8.21. The van der Waals surface area contributed by atoms with Crippen LogP contribution in [-0.4, -0.2) is 26.4 Å². The van der Waals surface area contributed by atoms with E-state index in [0.29, 0.717) is 19.0 Å². The Morgan fingerprint density at radius 3 is 2.71 bits per heavy atom. The SMILES string of the molecule is CCOc1cc(F)ccc1NC(CC)COC. The number of benzene rings is 1. The maximum atomic E-state index is 13.1. The van der Waals surface area contributed by atoms with Crippen LogP contribution in [-0.2, 0) is 4.74 Å². The molecule has 0 bridgehead atoms. The van der Waals surface area contributed by atoms with Crippen molar-refractivity contribution in [3.63, 3.8) is 0 Å². The third-order valence-electron chi connectivity index (χ3n) is 2.46. The summed E-state index contributed by atoms with van der Waals surface area (Å²) >= 11 is 0. The summed E-state index contributed by atoms with van der Waals surface area (Å²) in [5.74, 6) is 0.251. The molecule has 4 heteroatoms. The molecule has 3 nitrogen and oxygen atoms in total. The molecule has 0 fully saturated rings. The first-order valence-corrected chi connectivity index (χ1v) is 5.89. The van der Waals surface area contributed by atoms with Crippen LogP contribution in [0.25, 0.3) is 0 Å². The molecule has 0 aliphatic heterocycles. The van der Waals surface area contributed by atoms with Gasteiger partial charge < -0.3 is 14.8 Å². The van der Waals surface area contributed by atoms with Crippen molar-refractivity contribution >= 4 is 5.69 Å². The third-order valence-corrected chi connectivity index (χ3v) is 2.46. The van der Waals surface area contributed by atoms with E-state index in [2.05, 4.69) is 12.2 Å². The highest BCUT2D eigenvalue weighted by atomic mass is 19.1. The zero-order chi connectivity index (χ0) is 12.7. The zero-order valence-electron chi connectivity index (χ0n) is 10.6. The predicted octanol–water partition coefficient (Wildman–Crippen LogP) is 3.06. The van der Waals surface area contributed by atoms with Gasteiger partial charge in [0.15, 0.2) is 0 Å². The summed E-state index contributed by atoms with van der Waals surface area (Å²) < 4.78 is 23.6. The van der Waals surface area contributed by atoms with Crippen LogP contribution in [0.2, 0.25) is 0 Å². The van der Waals surface area contributed by atoms with Crippen LogP contribution < -0.4 is 10.1 Å². The van der Waals surface area contributed by atoms with Crippen LogP contribution in [0.1, 0.15) is 20.3 Å². The van der Waals surface area contributed by atoms with E-state index in [1.807, 2.05) is 6.92 Å². The Hall–Kier alpha value is -1.29. The molecule has 1 aromatic carbocycles. The fourth-order valence-corrected chi connectivity index (χ4v) is 1.57. The molecule has 0 aliphatic carbocycles. The van der Waals surface area contributed by atoms with E-state index in [0.717, 1.165) is 12.1 Å². The Balaban J connectivity index is 2.80. The van der Waals surface area contributed by atoms with Gasteiger partial charge in [-0.2, -0.15) is 0 Å². The molecule has 0 radical (unpaired) electrons. The van der Waals surface area contributed by atoms with Gasteiger partial charge in [-0.1, -0.05) is 6.92 Å². The van der Waals surface area contributed by atoms with Gasteiger partial charge in [0.05, 0.1) is 18.9 Å². The lowest BCUT2D eigenvalue weighted by Gasteiger charge is -2.19. The number of anilines is 1. The van der Waals surface area contributed by atoms with E-state index in [4.69, 9.17) is 9.47 Å². The Kier molecular flexibility index (Phi) is 5.77. The number of hydrogen-bond acceptors (Lipinski definition) is 3. The molecular formula is C13H20FNO2. The number of ether oxygens (including phenoxy) is 2. The van der Waals surface area contributed by atoms with Crippen molar-refractivity contribution in [1.82, 2.24) is 0 Å². The van der Waals surface area contributed by atoms with Gasteiger partial charge in [-0.15, -0.1) is 0 Å². The number of methoxy groups -OCH3 is 1. The molecule has 1 unspecified atom stereocenters. The molecule has 96 valence electrons. The standard InChI is InChI=1S/C13H20FNO2/c1-4-11(9-16-3)15-12-7-6-10(14)8-13(12)17-5-2/h6-8,11,15H,4-5,9H2,1-3H3. The van der Waals surface area contributed by atoms with Gasteiger partial charge in [0.1, 0.15) is 11.6 Å². The minimum Gasteiger partial charge on any atom is -0.492 e. The lowest BCUT2D eigenvalue weighted by Crippen LogP contribution is -2.24. The van der Waals surface area contributed by atoms with Crippen molar-refractivity contribution in [3.05, 3.63) is 24.0 Å². The minimum atomic E-state index is -0.293. The molecule has 0 heterocycles. The topological polar surface area (TPSA) is 30.5 Å². The van der Waals surface area contributed by atoms with Crippen LogP contribution in [0, 0.1) is 5.82 Å². The Morgan fingerprint density at radius 1 is 1.35 bits per heavy atom. The fourth-order valence-electron chi connectivity index (χ4n) is 1.57. The van der Waals surface area contributed by atoms with Crippen LogP contribution in [0.4, 0.5) is 10.1 Å². The number of nitrogens with one attached hydrogen (secondary N) is 1. The third kappa shape index (κ3) is 4.23. The van der Waals surface area contributed by atoms with Crippen LogP contribution in [0.3, 0.4) is 0 Å². The Bertz CT molecular complexity index is 344. The smallest absolute Gasteiger partial charge is 0.145 e. The first-order valence-electron chi connectivity index (χ1n) is 5.89. The van der Waals surface area contributed by atoms with Crippen LogP contribution >= 0.6 is 0 Å². The molecule has 1 atom stereocenters. The van der Waals surface area contributed by atoms with Crippen molar-refractivity contribution in [2.45, 2.75) is 26.3 Å². The molecule has 1 N–H and O–H groups in total. The molecule has 0 amide bonds. The van der Waals surface area contributed by atoms with Crippen molar-refractivity contribution in [1.29, 1.82) is 0 Å². The highest BCUT2D eigenvalue weighted by molar-refractivity contribution is 5.57. The van der Waals surface area contributed by atoms with Crippen molar-refractivity contribution in [2.75, 3.05) is 25.6 Å². The van der Waals surface area contributed by atoms with Gasteiger partial charge in [-0.05, 0) is 25.5 Å². The summed E-state index contributed by atoms with van der Waals surface area (Å²) in [6.07, 6.45) is 0.927. The average Bonchev–Trinajstić information content (AvgIpc) is 2.32. The highest BCUT2D eigenvalue weighted by Gasteiger charge is 2.10. The summed E-state index contributed by atoms with van der Waals surface area (Å²) in [5.41, 5.74) is 0.803. The van der Waals surface area contributed by atoms with E-state index < -0.39 is 0 Å². The largest absolute Gasteiger partial charge is 0.492 e. The normalized spacial score (nSPS) is 12.2. The van der Waals surface area contributed by atoms with Gasteiger partial charge in [-0.25, -0.2) is 4.39 Å². The number of rotatable bonds is 7. The molecule has 0 aromatic heterocycles. The van der Waals surface area contributed by atoms with Crippen molar-refractivity contribution in [3.8, 4) is 5.75 Å². The Labute approximate surface area is 102 Å². The second kappa shape index (κ2) is 7.12. The van der Waals surface area contributed by atoms with Crippen LogP contribution in [0.5, 0.6) is 5.75 Å². The van der Waals surface area contributed by atoms with E-state index >= 15 is 0 Å². The minimum absolute atomic E-state index is 0.199. The van der Waals surface area contributed by atoms with Gasteiger partial charge in [0.2, 0.25) is 0 Å². The monoisotopic (exact) mass is 241 g/mol. The van der Waals surface area contributed by atoms with Gasteiger partial charge in [0.25, 0.3) is 0 Å². The van der Waals surface area contributed by atoms with E-state index in [-0.39, 0.29) is 11.9 Å². The molecule has 1 rings (SSSR count). The maximum absolute atomic E-state index is 13.1. The predicted molar refractivity (Wildman–Crippen MR) is 67.1 cm³/mol. The zero-order valence-corrected chi connectivity index (χ0v) is 10.6. The van der Waals surface area contributed by atoms with E-state index in [9.17, 15) is 4.39 Å². The molecule has 0 saturated heterocycles. The quantitative estimate of drug-likeness (QED) is 0.795. The number of halogens is 1. The molecule has 0 aliphatic rings. The highest BCUT2D eigenvalue weighted by Crippen LogP contribution is 2.26. The lowest BCUT2D eigenvalue weighted by atomic mass is 10.2. The van der Waals surface area contributed by atoms with Crippen molar-refractivity contribution < 1.29 is 13.9 Å². The van der Waals surface area contributed by atoms with Gasteiger partial charge in [0, 0.05) is 19.2 Å². The summed E-state index contributed by atoms with van der Waals surface area (Å²) in [6.45, 7) is 5.07. The van der Waals surface area contributed by atoms with Crippen molar-refractivity contribution in [2.24, 2.45) is 0 Å².